The number of likely N-dealkylation sites (tertiary alicyclic amines) is 1. The second-order valence-electron chi connectivity index (χ2n) is 7.45. The summed E-state index contributed by atoms with van der Waals surface area (Å²) in [7, 11) is 0. The van der Waals surface area contributed by atoms with Crippen molar-refractivity contribution in [2.75, 3.05) is 19.6 Å². The molecule has 2 aliphatic rings. The average Bonchev–Trinajstić information content (AvgIpc) is 3.44. The number of benzene rings is 2. The minimum Gasteiger partial charge on any atom is -0.488 e. The summed E-state index contributed by atoms with van der Waals surface area (Å²) in [6.07, 6.45) is 3.50. The van der Waals surface area contributed by atoms with Crippen LogP contribution in [0.4, 0.5) is 4.79 Å². The molecule has 2 aromatic carbocycles. The van der Waals surface area contributed by atoms with Crippen molar-refractivity contribution in [2.45, 2.75) is 19.4 Å². The summed E-state index contributed by atoms with van der Waals surface area (Å²) in [5, 5.41) is 8.80. The van der Waals surface area contributed by atoms with Crippen molar-refractivity contribution < 1.29 is 19.1 Å². The maximum absolute atomic E-state index is 12.8. The van der Waals surface area contributed by atoms with E-state index in [0.29, 0.717) is 30.0 Å². The van der Waals surface area contributed by atoms with Gasteiger partial charge < -0.3 is 9.64 Å². The topological polar surface area (TPSA) is 90.7 Å². The van der Waals surface area contributed by atoms with Gasteiger partial charge in [0.25, 0.3) is 11.1 Å². The monoisotopic (exact) mass is 447 g/mol. The molecule has 8 heteroatoms. The lowest BCUT2D eigenvalue weighted by molar-refractivity contribution is -0.135. The fraction of sp³-hybridized carbons (Fsp3) is 0.250. The standard InChI is InChI=1S/C24H21N3O4S/c25-14-18-8-1-2-9-19(18)16-31-20-10-4-3-7-17(20)13-21-23(29)27(24(30)32-21)15-22(28)26-11-5-6-12-26/h1-4,7-10,13H,5-6,11-12,15-16H2. The van der Waals surface area contributed by atoms with Crippen LogP contribution in [-0.4, -0.2) is 46.5 Å². The van der Waals surface area contributed by atoms with Crippen molar-refractivity contribution in [1.29, 1.82) is 5.26 Å². The first kappa shape index (κ1) is 21.7. The molecule has 0 bridgehead atoms. The number of para-hydroxylation sites is 1. The minimum absolute atomic E-state index is 0.195. The van der Waals surface area contributed by atoms with Gasteiger partial charge in [0, 0.05) is 24.2 Å². The molecular formula is C24H21N3O4S. The van der Waals surface area contributed by atoms with Crippen molar-refractivity contribution in [3.63, 3.8) is 0 Å². The largest absolute Gasteiger partial charge is 0.488 e. The molecule has 2 heterocycles. The number of hydrogen-bond acceptors (Lipinski definition) is 6. The third-order valence-electron chi connectivity index (χ3n) is 5.35. The number of carbonyl (C=O) groups is 3. The van der Waals surface area contributed by atoms with Crippen LogP contribution in [0.5, 0.6) is 5.75 Å². The van der Waals surface area contributed by atoms with E-state index in [1.165, 1.54) is 0 Å². The predicted octanol–water partition coefficient (Wildman–Crippen LogP) is 3.80. The van der Waals surface area contributed by atoms with Gasteiger partial charge in [-0.05, 0) is 42.8 Å². The number of thioether (sulfide) groups is 1. The van der Waals surface area contributed by atoms with Gasteiger partial charge in [-0.3, -0.25) is 19.3 Å². The van der Waals surface area contributed by atoms with Gasteiger partial charge >= 0.3 is 0 Å². The number of ether oxygens (including phenoxy) is 1. The Hall–Kier alpha value is -3.57. The third-order valence-corrected chi connectivity index (χ3v) is 6.26. The van der Waals surface area contributed by atoms with Gasteiger partial charge in [-0.15, -0.1) is 0 Å². The molecule has 0 radical (unpaired) electrons. The van der Waals surface area contributed by atoms with Crippen LogP contribution in [0.2, 0.25) is 0 Å². The molecule has 4 rings (SSSR count). The fourth-order valence-corrected chi connectivity index (χ4v) is 4.45. The van der Waals surface area contributed by atoms with Gasteiger partial charge in [-0.2, -0.15) is 5.26 Å². The second kappa shape index (κ2) is 9.71. The molecule has 0 saturated carbocycles. The molecule has 162 valence electrons. The molecule has 7 nitrogen and oxygen atoms in total. The Morgan fingerprint density at radius 2 is 1.81 bits per heavy atom. The molecule has 0 atom stereocenters. The van der Waals surface area contributed by atoms with Crippen LogP contribution >= 0.6 is 11.8 Å². The summed E-state index contributed by atoms with van der Waals surface area (Å²) in [6.45, 7) is 1.31. The Labute approximate surface area is 190 Å². The van der Waals surface area contributed by atoms with Gasteiger partial charge in [-0.1, -0.05) is 36.4 Å². The molecule has 2 fully saturated rings. The Balaban J connectivity index is 1.49. The number of amides is 3. The van der Waals surface area contributed by atoms with E-state index in [4.69, 9.17) is 4.74 Å². The molecule has 0 N–H and O–H groups in total. The molecule has 32 heavy (non-hydrogen) atoms. The van der Waals surface area contributed by atoms with E-state index < -0.39 is 11.1 Å². The minimum atomic E-state index is -0.475. The smallest absolute Gasteiger partial charge is 0.294 e. The fourth-order valence-electron chi connectivity index (χ4n) is 3.62. The average molecular weight is 448 g/mol. The lowest BCUT2D eigenvalue weighted by Gasteiger charge is -2.18. The number of carbonyl (C=O) groups excluding carboxylic acids is 3. The first-order valence-corrected chi connectivity index (χ1v) is 11.1. The summed E-state index contributed by atoms with van der Waals surface area (Å²) in [5.41, 5.74) is 1.93. The van der Waals surface area contributed by atoms with E-state index in [9.17, 15) is 19.6 Å². The highest BCUT2D eigenvalue weighted by Gasteiger charge is 2.37. The van der Waals surface area contributed by atoms with Crippen LogP contribution in [0.3, 0.4) is 0 Å². The lowest BCUT2D eigenvalue weighted by Crippen LogP contribution is -2.40. The first-order valence-electron chi connectivity index (χ1n) is 10.3. The molecule has 2 saturated heterocycles. The van der Waals surface area contributed by atoms with Crippen molar-refractivity contribution in [1.82, 2.24) is 9.80 Å². The van der Waals surface area contributed by atoms with Crippen LogP contribution in [0.1, 0.15) is 29.5 Å². The van der Waals surface area contributed by atoms with Crippen molar-refractivity contribution in [3.8, 4) is 11.8 Å². The Morgan fingerprint density at radius 1 is 1.09 bits per heavy atom. The normalized spacial score (nSPS) is 17.2. The first-order chi connectivity index (χ1) is 15.6. The van der Waals surface area contributed by atoms with E-state index in [2.05, 4.69) is 6.07 Å². The molecule has 0 aliphatic carbocycles. The number of rotatable bonds is 6. The predicted molar refractivity (Wildman–Crippen MR) is 120 cm³/mol. The van der Waals surface area contributed by atoms with Crippen LogP contribution in [0.15, 0.2) is 53.4 Å². The summed E-state index contributed by atoms with van der Waals surface area (Å²) < 4.78 is 5.92. The highest BCUT2D eigenvalue weighted by molar-refractivity contribution is 8.18. The number of nitrogens with zero attached hydrogens (tertiary/aromatic N) is 3. The van der Waals surface area contributed by atoms with Gasteiger partial charge in [0.1, 0.15) is 18.9 Å². The van der Waals surface area contributed by atoms with E-state index in [0.717, 1.165) is 35.1 Å². The van der Waals surface area contributed by atoms with E-state index in [-0.39, 0.29) is 24.0 Å². The third kappa shape index (κ3) is 4.68. The quantitative estimate of drug-likeness (QED) is 0.626. The molecule has 0 aromatic heterocycles. The number of imide groups is 1. The Morgan fingerprint density at radius 3 is 2.59 bits per heavy atom. The Bertz CT molecular complexity index is 1130. The SMILES string of the molecule is N#Cc1ccccc1COc1ccccc1C=C1SC(=O)N(CC(=O)N2CCCC2)C1=O. The molecule has 2 aromatic rings. The van der Waals surface area contributed by atoms with E-state index >= 15 is 0 Å². The molecular weight excluding hydrogens is 426 g/mol. The maximum Gasteiger partial charge on any atom is 0.294 e. The summed E-state index contributed by atoms with van der Waals surface area (Å²) >= 11 is 0.820. The van der Waals surface area contributed by atoms with Gasteiger partial charge in [0.15, 0.2) is 0 Å². The Kier molecular flexibility index (Phi) is 6.57. The molecule has 0 spiro atoms. The summed E-state index contributed by atoms with van der Waals surface area (Å²) in [4.78, 5) is 40.5. The van der Waals surface area contributed by atoms with Crippen molar-refractivity contribution in [2.24, 2.45) is 0 Å². The zero-order valence-corrected chi connectivity index (χ0v) is 18.1. The maximum atomic E-state index is 12.8. The summed E-state index contributed by atoms with van der Waals surface area (Å²) in [5.74, 6) is -0.150. The van der Waals surface area contributed by atoms with Crippen molar-refractivity contribution in [3.05, 3.63) is 70.1 Å². The van der Waals surface area contributed by atoms with E-state index in [1.54, 1.807) is 35.2 Å². The van der Waals surface area contributed by atoms with Crippen molar-refractivity contribution >= 4 is 34.9 Å². The number of nitriles is 1. The summed E-state index contributed by atoms with van der Waals surface area (Å²) in [6, 6.07) is 16.5. The lowest BCUT2D eigenvalue weighted by atomic mass is 10.1. The van der Waals surface area contributed by atoms with Crippen LogP contribution in [0, 0.1) is 11.3 Å². The zero-order chi connectivity index (χ0) is 22.5. The van der Waals surface area contributed by atoms with Crippen LogP contribution in [0.25, 0.3) is 6.08 Å². The van der Waals surface area contributed by atoms with Gasteiger partial charge in [0.05, 0.1) is 16.5 Å². The van der Waals surface area contributed by atoms with Crippen LogP contribution < -0.4 is 4.74 Å². The highest BCUT2D eigenvalue weighted by Crippen LogP contribution is 2.34. The van der Waals surface area contributed by atoms with E-state index in [1.807, 2.05) is 24.3 Å². The van der Waals surface area contributed by atoms with Crippen LogP contribution in [-0.2, 0) is 16.2 Å². The molecule has 2 aliphatic heterocycles. The van der Waals surface area contributed by atoms with Gasteiger partial charge in [0.2, 0.25) is 5.91 Å². The highest BCUT2D eigenvalue weighted by atomic mass is 32.2. The second-order valence-corrected chi connectivity index (χ2v) is 8.44. The molecule has 0 unspecified atom stereocenters. The number of hydrogen-bond donors (Lipinski definition) is 0. The van der Waals surface area contributed by atoms with Gasteiger partial charge in [-0.25, -0.2) is 0 Å². The molecule has 3 amide bonds. The zero-order valence-electron chi connectivity index (χ0n) is 17.3.